The number of aromatic nitrogens is 2. The summed E-state index contributed by atoms with van der Waals surface area (Å²) in [5, 5.41) is 6.79. The van der Waals surface area contributed by atoms with Crippen LogP contribution in [0.1, 0.15) is 12.1 Å². The number of rotatable bonds is 3. The molecule has 0 spiro atoms. The Labute approximate surface area is 73.9 Å². The molecule has 1 aromatic heterocycles. The first kappa shape index (κ1) is 8.14. The number of thiol groups is 1. The average Bonchev–Trinajstić information content (AvgIpc) is 2.31. The van der Waals surface area contributed by atoms with E-state index in [9.17, 15) is 0 Å². The molecule has 0 atom stereocenters. The maximum atomic E-state index is 4.12. The van der Waals surface area contributed by atoms with Gasteiger partial charge >= 0.3 is 0 Å². The van der Waals surface area contributed by atoms with Crippen molar-refractivity contribution in [3.8, 4) is 0 Å². The maximum Gasteiger partial charge on any atom is 0.0632 e. The molecule has 56 valence electrons. The van der Waals surface area contributed by atoms with E-state index in [-0.39, 0.29) is 0 Å². The molecule has 0 unspecified atom stereocenters. The minimum Gasteiger partial charge on any atom is -0.281 e. The van der Waals surface area contributed by atoms with Crippen LogP contribution >= 0.6 is 28.6 Å². The molecule has 0 aliphatic heterocycles. The molecule has 1 rings (SSSR count). The number of halogens is 1. The molecule has 0 fully saturated rings. The summed E-state index contributed by atoms with van der Waals surface area (Å²) >= 11 is 7.49. The topological polar surface area (TPSA) is 28.7 Å². The fraction of sp³-hybridized carbons (Fsp3) is 0.500. The molecule has 0 aromatic carbocycles. The van der Waals surface area contributed by atoms with E-state index in [1.807, 2.05) is 0 Å². The van der Waals surface area contributed by atoms with Gasteiger partial charge in [-0.15, -0.1) is 0 Å². The van der Waals surface area contributed by atoms with Crippen LogP contribution in [0.4, 0.5) is 0 Å². The lowest BCUT2D eigenvalue weighted by molar-refractivity contribution is 0.873. The Morgan fingerprint density at radius 2 is 2.50 bits per heavy atom. The monoisotopic (exact) mass is 220 g/mol. The summed E-state index contributed by atoms with van der Waals surface area (Å²) in [5.41, 5.74) is 1.16. The number of nitrogens with zero attached hydrogens (tertiary/aromatic N) is 1. The predicted molar refractivity (Wildman–Crippen MR) is 48.5 cm³/mol. The lowest BCUT2D eigenvalue weighted by atomic mass is 10.3. The first-order valence-corrected chi connectivity index (χ1v) is 4.55. The van der Waals surface area contributed by atoms with Crippen LogP contribution in [0.2, 0.25) is 0 Å². The van der Waals surface area contributed by atoms with Crippen molar-refractivity contribution >= 4 is 28.6 Å². The lowest BCUT2D eigenvalue weighted by Gasteiger charge is -1.93. The molecule has 1 aromatic rings. The SMILES string of the molecule is SCCCc1[nH]ncc1Br. The number of hydrogen-bond donors (Lipinski definition) is 2. The first-order chi connectivity index (χ1) is 4.84. The molecular weight excluding hydrogens is 212 g/mol. The summed E-state index contributed by atoms with van der Waals surface area (Å²) < 4.78 is 1.06. The van der Waals surface area contributed by atoms with Crippen LogP contribution in [-0.2, 0) is 6.42 Å². The molecule has 0 saturated heterocycles. The maximum absolute atomic E-state index is 4.12. The smallest absolute Gasteiger partial charge is 0.0632 e. The fourth-order valence-electron chi connectivity index (χ4n) is 0.729. The zero-order valence-corrected chi connectivity index (χ0v) is 7.95. The van der Waals surface area contributed by atoms with Gasteiger partial charge in [-0.3, -0.25) is 5.10 Å². The Kier molecular flexibility index (Phi) is 3.28. The van der Waals surface area contributed by atoms with Crippen LogP contribution in [-0.4, -0.2) is 16.0 Å². The predicted octanol–water partition coefficient (Wildman–Crippen LogP) is 2.03. The summed E-state index contributed by atoms with van der Waals surface area (Å²) in [6.07, 6.45) is 3.88. The van der Waals surface area contributed by atoms with Gasteiger partial charge in [0, 0.05) is 5.69 Å². The molecule has 0 bridgehead atoms. The second kappa shape index (κ2) is 4.03. The second-order valence-electron chi connectivity index (χ2n) is 2.02. The normalized spacial score (nSPS) is 10.2. The molecule has 0 aliphatic carbocycles. The van der Waals surface area contributed by atoms with Gasteiger partial charge in [-0.2, -0.15) is 17.7 Å². The molecule has 2 nitrogen and oxygen atoms in total. The minimum absolute atomic E-state index is 0.922. The largest absolute Gasteiger partial charge is 0.281 e. The molecule has 1 N–H and O–H groups in total. The number of hydrogen-bond acceptors (Lipinski definition) is 2. The van der Waals surface area contributed by atoms with Crippen molar-refractivity contribution in [3.05, 3.63) is 16.4 Å². The highest BCUT2D eigenvalue weighted by Crippen LogP contribution is 2.13. The van der Waals surface area contributed by atoms with Crippen molar-refractivity contribution in [1.29, 1.82) is 0 Å². The molecule has 0 radical (unpaired) electrons. The van der Waals surface area contributed by atoms with Crippen molar-refractivity contribution in [2.45, 2.75) is 12.8 Å². The Morgan fingerprint density at radius 3 is 3.00 bits per heavy atom. The number of H-pyrrole nitrogens is 1. The van der Waals surface area contributed by atoms with Gasteiger partial charge in [-0.25, -0.2) is 0 Å². The standard InChI is InChI=1S/C6H9BrN2S/c7-5-4-8-9-6(5)2-1-3-10/h4,10H,1-3H2,(H,8,9). The third-order valence-electron chi connectivity index (χ3n) is 1.25. The minimum atomic E-state index is 0.922. The van der Waals surface area contributed by atoms with Crippen LogP contribution in [0, 0.1) is 0 Å². The Morgan fingerprint density at radius 1 is 1.70 bits per heavy atom. The van der Waals surface area contributed by atoms with Gasteiger partial charge in [0.2, 0.25) is 0 Å². The molecule has 0 amide bonds. The zero-order chi connectivity index (χ0) is 7.40. The van der Waals surface area contributed by atoms with Crippen molar-refractivity contribution < 1.29 is 0 Å². The first-order valence-electron chi connectivity index (χ1n) is 3.13. The lowest BCUT2D eigenvalue weighted by Crippen LogP contribution is -1.87. The van der Waals surface area contributed by atoms with Crippen LogP contribution in [0.5, 0.6) is 0 Å². The number of aryl methyl sites for hydroxylation is 1. The molecule has 1 heterocycles. The highest BCUT2D eigenvalue weighted by atomic mass is 79.9. The van der Waals surface area contributed by atoms with Crippen molar-refractivity contribution in [2.75, 3.05) is 5.75 Å². The van der Waals surface area contributed by atoms with E-state index in [0.717, 1.165) is 28.8 Å². The van der Waals surface area contributed by atoms with Crippen LogP contribution in [0.25, 0.3) is 0 Å². The van der Waals surface area contributed by atoms with E-state index in [1.54, 1.807) is 6.20 Å². The van der Waals surface area contributed by atoms with Gasteiger partial charge in [0.05, 0.1) is 10.7 Å². The Hall–Kier alpha value is 0.0400. The van der Waals surface area contributed by atoms with Crippen LogP contribution in [0.15, 0.2) is 10.7 Å². The van der Waals surface area contributed by atoms with Gasteiger partial charge < -0.3 is 0 Å². The van der Waals surface area contributed by atoms with E-state index in [0.29, 0.717) is 0 Å². The summed E-state index contributed by atoms with van der Waals surface area (Å²) in [6.45, 7) is 0. The van der Waals surface area contributed by atoms with Crippen LogP contribution < -0.4 is 0 Å². The van der Waals surface area contributed by atoms with E-state index in [1.165, 1.54) is 0 Å². The van der Waals surface area contributed by atoms with Gasteiger partial charge in [-0.05, 0) is 34.5 Å². The van der Waals surface area contributed by atoms with Gasteiger partial charge in [-0.1, -0.05) is 0 Å². The molecule has 4 heteroatoms. The molecule has 10 heavy (non-hydrogen) atoms. The summed E-state index contributed by atoms with van der Waals surface area (Å²) in [4.78, 5) is 0. The summed E-state index contributed by atoms with van der Waals surface area (Å²) in [6, 6.07) is 0. The highest BCUT2D eigenvalue weighted by molar-refractivity contribution is 9.10. The van der Waals surface area contributed by atoms with Gasteiger partial charge in [0.1, 0.15) is 0 Å². The number of nitrogens with one attached hydrogen (secondary N) is 1. The van der Waals surface area contributed by atoms with Crippen LogP contribution in [0.3, 0.4) is 0 Å². The van der Waals surface area contributed by atoms with Crippen molar-refractivity contribution in [1.82, 2.24) is 10.2 Å². The quantitative estimate of drug-likeness (QED) is 0.751. The van der Waals surface area contributed by atoms with E-state index in [2.05, 4.69) is 38.8 Å². The van der Waals surface area contributed by atoms with Gasteiger partial charge in [0.15, 0.2) is 0 Å². The molecule has 0 aliphatic rings. The third kappa shape index (κ3) is 2.02. The van der Waals surface area contributed by atoms with Crippen molar-refractivity contribution in [3.63, 3.8) is 0 Å². The average molecular weight is 221 g/mol. The second-order valence-corrected chi connectivity index (χ2v) is 3.33. The van der Waals surface area contributed by atoms with Gasteiger partial charge in [0.25, 0.3) is 0 Å². The Bertz CT molecular complexity index is 199. The number of aromatic amines is 1. The zero-order valence-electron chi connectivity index (χ0n) is 5.47. The van der Waals surface area contributed by atoms with E-state index < -0.39 is 0 Å². The summed E-state index contributed by atoms with van der Waals surface area (Å²) in [5.74, 6) is 0.922. The Balaban J connectivity index is 2.49. The van der Waals surface area contributed by atoms with Crippen molar-refractivity contribution in [2.24, 2.45) is 0 Å². The summed E-state index contributed by atoms with van der Waals surface area (Å²) in [7, 11) is 0. The highest BCUT2D eigenvalue weighted by Gasteiger charge is 1.98. The fourth-order valence-corrected chi connectivity index (χ4v) is 1.28. The molecular formula is C6H9BrN2S. The third-order valence-corrected chi connectivity index (χ3v) is 2.25. The van der Waals surface area contributed by atoms with E-state index in [4.69, 9.17) is 0 Å². The van der Waals surface area contributed by atoms with E-state index >= 15 is 0 Å². The molecule has 0 saturated carbocycles.